The molecular formula is C19H30O3S. The van der Waals surface area contributed by atoms with E-state index in [9.17, 15) is 13.2 Å². The van der Waals surface area contributed by atoms with Crippen molar-refractivity contribution in [1.29, 1.82) is 0 Å². The maximum Gasteiger partial charge on any atom is 0.176 e. The lowest BCUT2D eigenvalue weighted by Gasteiger charge is -2.40. The lowest BCUT2D eigenvalue weighted by molar-refractivity contribution is -0.128. The third-order valence-electron chi connectivity index (χ3n) is 5.66. The molecule has 0 radical (unpaired) electrons. The quantitative estimate of drug-likeness (QED) is 0.712. The molecule has 0 bridgehead atoms. The normalized spacial score (nSPS) is 30.4. The number of Topliss-reactive ketones (excluding diaryl/α,β-unsaturated/α-hetero) is 1. The van der Waals surface area contributed by atoms with Crippen molar-refractivity contribution >= 4 is 15.6 Å². The van der Waals surface area contributed by atoms with Gasteiger partial charge in [0.2, 0.25) is 0 Å². The molecule has 2 rings (SSSR count). The molecule has 0 amide bonds. The summed E-state index contributed by atoms with van der Waals surface area (Å²) in [4.78, 5) is 12.2. The van der Waals surface area contributed by atoms with Crippen molar-refractivity contribution in [1.82, 2.24) is 0 Å². The molecule has 0 aromatic carbocycles. The van der Waals surface area contributed by atoms with Gasteiger partial charge in [0.1, 0.15) is 5.78 Å². The van der Waals surface area contributed by atoms with Crippen molar-refractivity contribution in [3.05, 3.63) is 23.1 Å². The fourth-order valence-corrected chi connectivity index (χ4v) is 4.80. The van der Waals surface area contributed by atoms with Crippen LogP contribution in [-0.2, 0) is 14.6 Å². The summed E-state index contributed by atoms with van der Waals surface area (Å²) in [6.45, 7) is 9.52. The number of hydrogen-bond donors (Lipinski definition) is 0. The summed E-state index contributed by atoms with van der Waals surface area (Å²) >= 11 is 0. The summed E-state index contributed by atoms with van der Waals surface area (Å²) in [5, 5.41) is 1.37. The topological polar surface area (TPSA) is 51.2 Å². The first-order valence-corrected chi connectivity index (χ1v) is 10.2. The van der Waals surface area contributed by atoms with Gasteiger partial charge in [0.15, 0.2) is 9.84 Å². The summed E-state index contributed by atoms with van der Waals surface area (Å²) in [5.41, 5.74) is 1.35. The van der Waals surface area contributed by atoms with E-state index in [1.54, 1.807) is 26.8 Å². The van der Waals surface area contributed by atoms with Crippen LogP contribution in [0, 0.1) is 17.3 Å². The summed E-state index contributed by atoms with van der Waals surface area (Å²) in [7, 11) is -3.22. The summed E-state index contributed by atoms with van der Waals surface area (Å²) < 4.78 is 23.5. The van der Waals surface area contributed by atoms with Crippen LogP contribution in [0.3, 0.4) is 0 Å². The first kappa shape index (κ1) is 18.4. The van der Waals surface area contributed by atoms with Crippen LogP contribution in [0.15, 0.2) is 23.1 Å². The molecule has 130 valence electrons. The minimum atomic E-state index is -3.22. The zero-order valence-electron chi connectivity index (χ0n) is 15.1. The van der Waals surface area contributed by atoms with Crippen LogP contribution in [0.2, 0.25) is 0 Å². The van der Waals surface area contributed by atoms with E-state index in [4.69, 9.17) is 0 Å². The third kappa shape index (κ3) is 3.47. The lowest BCUT2D eigenvalue weighted by atomic mass is 9.63. The number of carbonyl (C=O) groups excluding carboxylic acids is 1. The van der Waals surface area contributed by atoms with Gasteiger partial charge in [0.05, 0.1) is 4.75 Å². The van der Waals surface area contributed by atoms with Gasteiger partial charge >= 0.3 is 0 Å². The third-order valence-corrected chi connectivity index (χ3v) is 7.92. The van der Waals surface area contributed by atoms with Gasteiger partial charge in [-0.3, -0.25) is 4.79 Å². The summed E-state index contributed by atoms with van der Waals surface area (Å²) in [6, 6.07) is 0. The van der Waals surface area contributed by atoms with Gasteiger partial charge in [-0.15, -0.1) is 0 Å². The number of rotatable bonds is 4. The SMILES string of the molecule is C[C@H](C/C=C/S(=O)(=O)C(C)(C)C)C1=CC[C@H]2C(=O)CCC[C@]12C. The number of allylic oxidation sites excluding steroid dienone is 3. The molecule has 0 saturated heterocycles. The molecular weight excluding hydrogens is 308 g/mol. The fraction of sp³-hybridized carbons (Fsp3) is 0.737. The average molecular weight is 339 g/mol. The van der Waals surface area contributed by atoms with Crippen LogP contribution in [0.4, 0.5) is 0 Å². The zero-order valence-corrected chi connectivity index (χ0v) is 15.9. The maximum absolute atomic E-state index is 12.2. The average Bonchev–Trinajstić information content (AvgIpc) is 2.75. The van der Waals surface area contributed by atoms with Crippen LogP contribution < -0.4 is 0 Å². The van der Waals surface area contributed by atoms with Crippen LogP contribution >= 0.6 is 0 Å². The first-order chi connectivity index (χ1) is 10.5. The van der Waals surface area contributed by atoms with Crippen LogP contribution in [0.25, 0.3) is 0 Å². The molecule has 0 N–H and O–H groups in total. The van der Waals surface area contributed by atoms with E-state index in [2.05, 4.69) is 19.9 Å². The molecule has 0 spiro atoms. The second-order valence-electron chi connectivity index (χ2n) is 8.35. The highest BCUT2D eigenvalue weighted by Gasteiger charge is 2.47. The summed E-state index contributed by atoms with van der Waals surface area (Å²) in [6.07, 6.45) is 8.36. The van der Waals surface area contributed by atoms with Crippen LogP contribution in [0.5, 0.6) is 0 Å². The van der Waals surface area contributed by atoms with Crippen LogP contribution in [-0.4, -0.2) is 18.9 Å². The molecule has 2 aliphatic rings. The highest BCUT2D eigenvalue weighted by atomic mass is 32.2. The molecule has 1 saturated carbocycles. The highest BCUT2D eigenvalue weighted by molar-refractivity contribution is 7.95. The molecule has 3 nitrogen and oxygen atoms in total. The minimum Gasteiger partial charge on any atom is -0.299 e. The molecule has 23 heavy (non-hydrogen) atoms. The van der Waals surface area contributed by atoms with Crippen molar-refractivity contribution in [3.63, 3.8) is 0 Å². The van der Waals surface area contributed by atoms with Gasteiger partial charge in [-0.05, 0) is 57.8 Å². The first-order valence-electron chi connectivity index (χ1n) is 8.63. The molecule has 2 aliphatic carbocycles. The molecule has 4 heteroatoms. The van der Waals surface area contributed by atoms with Gasteiger partial charge in [0.25, 0.3) is 0 Å². The smallest absolute Gasteiger partial charge is 0.176 e. The lowest BCUT2D eigenvalue weighted by Crippen LogP contribution is -2.36. The van der Waals surface area contributed by atoms with E-state index < -0.39 is 14.6 Å². The van der Waals surface area contributed by atoms with E-state index >= 15 is 0 Å². The molecule has 0 aromatic heterocycles. The highest BCUT2D eigenvalue weighted by Crippen LogP contribution is 2.53. The van der Waals surface area contributed by atoms with Crippen molar-refractivity contribution in [2.75, 3.05) is 0 Å². The zero-order chi connectivity index (χ0) is 17.5. The van der Waals surface area contributed by atoms with E-state index in [0.29, 0.717) is 12.2 Å². The molecule has 0 heterocycles. The molecule has 0 aromatic rings. The Kier molecular flexibility index (Phi) is 4.97. The minimum absolute atomic E-state index is 0.00844. The Morgan fingerprint density at radius 2 is 2.04 bits per heavy atom. The van der Waals surface area contributed by atoms with E-state index in [1.807, 2.05) is 0 Å². The Morgan fingerprint density at radius 3 is 2.65 bits per heavy atom. The Hall–Kier alpha value is -0.900. The number of fused-ring (bicyclic) bond motifs is 1. The fourth-order valence-electron chi connectivity index (χ4n) is 4.03. The molecule has 1 fully saturated rings. The molecule has 0 aliphatic heterocycles. The molecule has 0 unspecified atom stereocenters. The van der Waals surface area contributed by atoms with Crippen molar-refractivity contribution < 1.29 is 13.2 Å². The number of carbonyl (C=O) groups is 1. The Balaban J connectivity index is 2.08. The predicted molar refractivity (Wildman–Crippen MR) is 94.7 cm³/mol. The van der Waals surface area contributed by atoms with Crippen molar-refractivity contribution in [2.45, 2.75) is 71.5 Å². The monoisotopic (exact) mass is 338 g/mol. The largest absolute Gasteiger partial charge is 0.299 e. The van der Waals surface area contributed by atoms with E-state index in [1.165, 1.54) is 11.0 Å². The Morgan fingerprint density at radius 1 is 1.39 bits per heavy atom. The Bertz CT molecular complexity index is 634. The van der Waals surface area contributed by atoms with E-state index in [-0.39, 0.29) is 17.3 Å². The van der Waals surface area contributed by atoms with Gasteiger partial charge in [-0.25, -0.2) is 8.42 Å². The van der Waals surface area contributed by atoms with Crippen LogP contribution in [0.1, 0.15) is 66.7 Å². The maximum atomic E-state index is 12.2. The number of sulfone groups is 1. The number of ketones is 1. The van der Waals surface area contributed by atoms with Gasteiger partial charge < -0.3 is 0 Å². The van der Waals surface area contributed by atoms with E-state index in [0.717, 1.165) is 25.7 Å². The Labute approximate surface area is 141 Å². The second kappa shape index (κ2) is 6.19. The van der Waals surface area contributed by atoms with Gasteiger partial charge in [-0.2, -0.15) is 0 Å². The second-order valence-corrected chi connectivity index (χ2v) is 10.9. The standard InChI is InChI=1S/C19H30O3S/c1-14(8-7-13-23(21,22)18(2,3)4)15-10-11-16-17(20)9-6-12-19(15,16)5/h7,10,13-14,16H,6,8-9,11-12H2,1-5H3/b13-7+/t14-,16+,19-/m1/s1. The van der Waals surface area contributed by atoms with Gasteiger partial charge in [0, 0.05) is 17.7 Å². The summed E-state index contributed by atoms with van der Waals surface area (Å²) in [5.74, 6) is 0.835. The van der Waals surface area contributed by atoms with Crippen molar-refractivity contribution in [2.24, 2.45) is 17.3 Å². The predicted octanol–water partition coefficient (Wildman–Crippen LogP) is 4.45. The van der Waals surface area contributed by atoms with Gasteiger partial charge in [-0.1, -0.05) is 31.6 Å². The number of hydrogen-bond acceptors (Lipinski definition) is 3. The van der Waals surface area contributed by atoms with Crippen molar-refractivity contribution in [3.8, 4) is 0 Å². The molecule has 3 atom stereocenters.